The number of hydrogen-bond acceptors (Lipinski definition) is 6. The van der Waals surface area contributed by atoms with Crippen LogP contribution in [0.5, 0.6) is 0 Å². The molecule has 0 saturated carbocycles. The van der Waals surface area contributed by atoms with Gasteiger partial charge in [0.1, 0.15) is 23.2 Å². The minimum Gasteiger partial charge on any atom is -0.368 e. The topological polar surface area (TPSA) is 102 Å². The second kappa shape index (κ2) is 8.00. The minimum absolute atomic E-state index is 0.110. The number of rotatable bonds is 4. The Morgan fingerprint density at radius 3 is 2.11 bits per heavy atom. The maximum absolute atomic E-state index is 13.9. The molecule has 2 aliphatic rings. The Labute approximate surface area is 201 Å². The normalized spacial score (nSPS) is 16.4. The first kappa shape index (κ1) is 22.4. The number of halogens is 5. The van der Waals surface area contributed by atoms with Gasteiger partial charge in [-0.25, -0.2) is 28.7 Å². The van der Waals surface area contributed by atoms with E-state index in [1.165, 1.54) is 12.1 Å². The molecule has 4 heterocycles. The van der Waals surface area contributed by atoms with Crippen LogP contribution in [0.25, 0.3) is 11.4 Å². The van der Waals surface area contributed by atoms with E-state index in [4.69, 9.17) is 5.73 Å². The third kappa shape index (κ3) is 3.74. The monoisotopic (exact) mass is 502 g/mol. The van der Waals surface area contributed by atoms with Crippen molar-refractivity contribution in [3.8, 4) is 11.4 Å². The van der Waals surface area contributed by atoms with Gasteiger partial charge in [-0.2, -0.15) is 13.2 Å². The molecule has 0 atom stereocenters. The van der Waals surface area contributed by atoms with Gasteiger partial charge in [0.05, 0.1) is 23.9 Å². The van der Waals surface area contributed by atoms with Crippen molar-refractivity contribution in [3.63, 3.8) is 0 Å². The fourth-order valence-corrected chi connectivity index (χ4v) is 4.91. The van der Waals surface area contributed by atoms with Crippen LogP contribution in [-0.2, 0) is 19.0 Å². The van der Waals surface area contributed by atoms with Gasteiger partial charge in [0, 0.05) is 31.5 Å². The van der Waals surface area contributed by atoms with E-state index in [0.29, 0.717) is 37.3 Å². The van der Waals surface area contributed by atoms with E-state index in [1.807, 2.05) is 9.47 Å². The lowest BCUT2D eigenvalue weighted by Crippen LogP contribution is -2.46. The van der Waals surface area contributed by atoms with Crippen LogP contribution in [0.1, 0.15) is 34.6 Å². The first-order chi connectivity index (χ1) is 17.2. The van der Waals surface area contributed by atoms with Gasteiger partial charge in [-0.05, 0) is 36.1 Å². The maximum Gasteiger partial charge on any atom is 0.432 e. The van der Waals surface area contributed by atoms with Crippen LogP contribution in [0, 0.1) is 11.6 Å². The Balaban J connectivity index is 1.31. The van der Waals surface area contributed by atoms with E-state index < -0.39 is 23.5 Å². The number of H-pyrrole nitrogens is 1. The molecular formula is C23H19F5N8. The molecule has 0 radical (unpaired) electrons. The molecule has 1 saturated heterocycles. The van der Waals surface area contributed by atoms with E-state index in [-0.39, 0.29) is 23.7 Å². The summed E-state index contributed by atoms with van der Waals surface area (Å²) >= 11 is 0. The number of nitrogens with two attached hydrogens (primary N) is 1. The van der Waals surface area contributed by atoms with Crippen molar-refractivity contribution in [1.82, 2.24) is 29.5 Å². The van der Waals surface area contributed by atoms with Crippen LogP contribution >= 0.6 is 0 Å². The quantitative estimate of drug-likeness (QED) is 0.411. The lowest BCUT2D eigenvalue weighted by molar-refractivity contribution is -0.141. The van der Waals surface area contributed by atoms with E-state index in [9.17, 15) is 22.0 Å². The summed E-state index contributed by atoms with van der Waals surface area (Å²) in [6.07, 6.45) is 2.01. The van der Waals surface area contributed by atoms with E-state index in [2.05, 4.69) is 24.9 Å². The molecule has 13 heteroatoms. The summed E-state index contributed by atoms with van der Waals surface area (Å²) in [7, 11) is 0. The zero-order valence-electron chi connectivity index (χ0n) is 18.6. The van der Waals surface area contributed by atoms with Gasteiger partial charge < -0.3 is 20.2 Å². The first-order valence-corrected chi connectivity index (χ1v) is 11.2. The fourth-order valence-electron chi connectivity index (χ4n) is 4.91. The highest BCUT2D eigenvalue weighted by Gasteiger charge is 2.38. The third-order valence-corrected chi connectivity index (χ3v) is 6.72. The lowest BCUT2D eigenvalue weighted by atomic mass is 9.99. The number of alkyl halides is 3. The summed E-state index contributed by atoms with van der Waals surface area (Å²) in [6.45, 7) is 0.855. The maximum atomic E-state index is 13.9. The Hall–Kier alpha value is -4.03. The summed E-state index contributed by atoms with van der Waals surface area (Å²) in [5, 5.41) is 0. The highest BCUT2D eigenvalue weighted by Crippen LogP contribution is 2.40. The SMILES string of the molecule is Nc1ncc(-c2ncc(N3CC(c4ncc(C(F)(F)F)[nH]4)C3)n2C2Cc3cc(F)c(F)cc3C2)cn1. The van der Waals surface area contributed by atoms with Crippen LogP contribution in [0.2, 0.25) is 0 Å². The molecule has 36 heavy (non-hydrogen) atoms. The van der Waals surface area contributed by atoms with Gasteiger partial charge in [0.25, 0.3) is 0 Å². The highest BCUT2D eigenvalue weighted by atomic mass is 19.4. The Morgan fingerprint density at radius 1 is 0.889 bits per heavy atom. The molecule has 0 amide bonds. The van der Waals surface area contributed by atoms with Crippen molar-refractivity contribution in [1.29, 1.82) is 0 Å². The van der Waals surface area contributed by atoms with E-state index in [0.717, 1.165) is 23.1 Å². The first-order valence-electron chi connectivity index (χ1n) is 11.2. The highest BCUT2D eigenvalue weighted by molar-refractivity contribution is 5.60. The molecule has 1 aromatic carbocycles. The van der Waals surface area contributed by atoms with Gasteiger partial charge in [0.15, 0.2) is 11.6 Å². The molecule has 3 aromatic heterocycles. The molecule has 0 unspecified atom stereocenters. The van der Waals surface area contributed by atoms with Crippen molar-refractivity contribution in [2.24, 2.45) is 0 Å². The molecular weight excluding hydrogens is 483 g/mol. The van der Waals surface area contributed by atoms with Gasteiger partial charge >= 0.3 is 6.18 Å². The molecule has 8 nitrogen and oxygen atoms in total. The van der Waals surface area contributed by atoms with Crippen molar-refractivity contribution < 1.29 is 22.0 Å². The summed E-state index contributed by atoms with van der Waals surface area (Å²) < 4.78 is 68.6. The summed E-state index contributed by atoms with van der Waals surface area (Å²) in [5.41, 5.74) is 6.79. The number of aromatic nitrogens is 6. The fraction of sp³-hybridized carbons (Fsp3) is 0.304. The zero-order chi connectivity index (χ0) is 25.2. The minimum atomic E-state index is -4.49. The largest absolute Gasteiger partial charge is 0.432 e. The van der Waals surface area contributed by atoms with Crippen molar-refractivity contribution in [2.75, 3.05) is 23.7 Å². The average Bonchev–Trinajstić information content (AvgIpc) is 3.52. The van der Waals surface area contributed by atoms with Gasteiger partial charge in [-0.15, -0.1) is 0 Å². The number of nitrogens with one attached hydrogen (secondary N) is 1. The third-order valence-electron chi connectivity index (χ3n) is 6.72. The predicted molar refractivity (Wildman–Crippen MR) is 119 cm³/mol. The van der Waals surface area contributed by atoms with Crippen LogP contribution < -0.4 is 10.6 Å². The second-order valence-electron chi connectivity index (χ2n) is 9.02. The molecule has 0 spiro atoms. The number of benzene rings is 1. The Kier molecular flexibility index (Phi) is 4.99. The molecule has 3 N–H and O–H groups in total. The molecule has 4 aromatic rings. The molecule has 1 aliphatic heterocycles. The van der Waals surface area contributed by atoms with Crippen LogP contribution in [-0.4, -0.2) is 42.6 Å². The smallest absolute Gasteiger partial charge is 0.368 e. The average molecular weight is 502 g/mol. The Bertz CT molecular complexity index is 1400. The molecule has 6 rings (SSSR count). The van der Waals surface area contributed by atoms with Crippen LogP contribution in [0.3, 0.4) is 0 Å². The number of anilines is 2. The number of imidazole rings is 2. The summed E-state index contributed by atoms with van der Waals surface area (Å²) in [6, 6.07) is 2.26. The number of hydrogen-bond donors (Lipinski definition) is 2. The van der Waals surface area contributed by atoms with Crippen molar-refractivity contribution in [3.05, 3.63) is 71.2 Å². The molecule has 1 fully saturated rings. The Morgan fingerprint density at radius 2 is 1.53 bits per heavy atom. The lowest BCUT2D eigenvalue weighted by Gasteiger charge is -2.40. The molecule has 1 aliphatic carbocycles. The van der Waals surface area contributed by atoms with Gasteiger partial charge in [-0.1, -0.05) is 0 Å². The molecule has 186 valence electrons. The van der Waals surface area contributed by atoms with E-state index in [1.54, 1.807) is 18.6 Å². The number of nitrogens with zero attached hydrogens (tertiary/aromatic N) is 6. The zero-order valence-corrected chi connectivity index (χ0v) is 18.6. The van der Waals surface area contributed by atoms with Gasteiger partial charge in [-0.3, -0.25) is 0 Å². The van der Waals surface area contributed by atoms with E-state index >= 15 is 0 Å². The van der Waals surface area contributed by atoms with Crippen LogP contribution in [0.4, 0.5) is 33.7 Å². The van der Waals surface area contributed by atoms with Crippen LogP contribution in [0.15, 0.2) is 36.9 Å². The second-order valence-corrected chi connectivity index (χ2v) is 9.02. The number of nitrogen functional groups attached to an aromatic ring is 1. The predicted octanol–water partition coefficient (Wildman–Crippen LogP) is 3.89. The number of fused-ring (bicyclic) bond motifs is 1. The van der Waals surface area contributed by atoms with Crippen molar-refractivity contribution in [2.45, 2.75) is 31.0 Å². The van der Waals surface area contributed by atoms with Gasteiger partial charge in [0.2, 0.25) is 5.95 Å². The standard InChI is InChI=1S/C23H19F5N8/c24-16-3-11-1-15(2-12(11)4-17(16)25)36-19(8-31-21(36)13-5-32-22(29)33-6-13)35-9-14(10-35)20-30-7-18(34-20)23(26,27)28/h3-8,14-15H,1-2,9-10H2,(H,30,34)(H2,29,32,33). The van der Waals surface area contributed by atoms with Crippen molar-refractivity contribution >= 4 is 11.8 Å². The number of aromatic amines is 1. The summed E-state index contributed by atoms with van der Waals surface area (Å²) in [4.78, 5) is 20.9. The summed E-state index contributed by atoms with van der Waals surface area (Å²) in [5.74, 6) is -0.320. The molecule has 0 bridgehead atoms.